The molecule has 1 unspecified atom stereocenters. The standard InChI is InChI=1S/C28H42BN6O9P/c1-20(2)17-25(29-43-15-12-35(13-16-44-29)11-14-42-28(38)32-21(3)45(39,40)41)34-26(36)23(18-22-7-5-4-6-8-22)33-27(37)24-19-30-9-10-31-24/h4-10,19-21,23,25H,11-18H2,1-3H3,(H,32,38)(H,33,37)(H,34,36)(H2,39,40,41)/t21?,23-,25-/m0/s1. The van der Waals surface area contributed by atoms with Gasteiger partial charge in [-0.05, 0) is 24.8 Å². The fourth-order valence-electron chi connectivity index (χ4n) is 4.51. The number of hydrogen-bond donors (Lipinski definition) is 5. The van der Waals surface area contributed by atoms with Crippen LogP contribution in [0.15, 0.2) is 48.9 Å². The predicted octanol–water partition coefficient (Wildman–Crippen LogP) is 0.975. The molecule has 2 aromatic rings. The Morgan fingerprint density at radius 3 is 2.33 bits per heavy atom. The van der Waals surface area contributed by atoms with E-state index >= 15 is 0 Å². The highest BCUT2D eigenvalue weighted by Gasteiger charge is 2.36. The van der Waals surface area contributed by atoms with Crippen LogP contribution in [0.4, 0.5) is 4.79 Å². The summed E-state index contributed by atoms with van der Waals surface area (Å²) >= 11 is 0. The Kier molecular flexibility index (Phi) is 14.4. The van der Waals surface area contributed by atoms with Crippen molar-refractivity contribution in [2.24, 2.45) is 5.92 Å². The second kappa shape index (κ2) is 17.9. The number of rotatable bonds is 14. The van der Waals surface area contributed by atoms with E-state index in [2.05, 4.69) is 25.9 Å². The maximum Gasteiger partial charge on any atom is 0.480 e. The van der Waals surface area contributed by atoms with Crippen LogP contribution in [0.3, 0.4) is 0 Å². The molecule has 0 spiro atoms. The van der Waals surface area contributed by atoms with Crippen LogP contribution in [0.2, 0.25) is 0 Å². The lowest BCUT2D eigenvalue weighted by molar-refractivity contribution is -0.123. The zero-order valence-electron chi connectivity index (χ0n) is 25.7. The number of alkyl carbamates (subject to hydrolysis) is 1. The molecule has 1 aromatic carbocycles. The van der Waals surface area contributed by atoms with Crippen molar-refractivity contribution >= 4 is 32.6 Å². The predicted molar refractivity (Wildman–Crippen MR) is 165 cm³/mol. The largest absolute Gasteiger partial charge is 0.480 e. The average molecular weight is 648 g/mol. The Balaban J connectivity index is 1.58. The van der Waals surface area contributed by atoms with E-state index in [1.807, 2.05) is 49.1 Å². The number of carbonyl (C=O) groups excluding carboxylic acids is 3. The van der Waals surface area contributed by atoms with Gasteiger partial charge in [0.2, 0.25) is 5.91 Å². The van der Waals surface area contributed by atoms with Crippen LogP contribution in [-0.2, 0) is 29.8 Å². The Bertz CT molecular complexity index is 1260. The lowest BCUT2D eigenvalue weighted by Crippen LogP contribution is -2.57. The van der Waals surface area contributed by atoms with E-state index in [1.165, 1.54) is 25.5 Å². The van der Waals surface area contributed by atoms with Crippen molar-refractivity contribution in [1.29, 1.82) is 0 Å². The van der Waals surface area contributed by atoms with E-state index in [0.29, 0.717) is 26.1 Å². The molecule has 3 amide bonds. The van der Waals surface area contributed by atoms with Crippen molar-refractivity contribution < 1.29 is 42.8 Å². The molecule has 3 atom stereocenters. The molecule has 1 saturated heterocycles. The van der Waals surface area contributed by atoms with Crippen molar-refractivity contribution in [2.45, 2.75) is 51.4 Å². The fourth-order valence-corrected chi connectivity index (χ4v) is 4.79. The minimum atomic E-state index is -4.46. The Hall–Kier alpha value is -3.40. The Morgan fingerprint density at radius 1 is 1.04 bits per heavy atom. The van der Waals surface area contributed by atoms with Gasteiger partial charge in [-0.3, -0.25) is 24.0 Å². The zero-order chi connectivity index (χ0) is 32.8. The summed E-state index contributed by atoms with van der Waals surface area (Å²) in [6.45, 7) is 7.14. The van der Waals surface area contributed by atoms with Gasteiger partial charge >= 0.3 is 20.8 Å². The SMILES string of the molecule is CC(C)C[C@H](NC(=O)[C@H](Cc1ccccc1)NC(=O)c1cnccn1)B1OCCN(CCOC(=O)NC(C)P(=O)(O)O)CCO1. The van der Waals surface area contributed by atoms with Crippen molar-refractivity contribution in [3.63, 3.8) is 0 Å². The molecule has 1 aliphatic heterocycles. The molecule has 5 N–H and O–H groups in total. The van der Waals surface area contributed by atoms with Crippen LogP contribution >= 0.6 is 7.60 Å². The first-order valence-electron chi connectivity index (χ1n) is 14.8. The Labute approximate surface area is 263 Å². The van der Waals surface area contributed by atoms with E-state index in [-0.39, 0.29) is 43.8 Å². The molecular formula is C28H42BN6O9P. The normalized spacial score (nSPS) is 16.5. The number of ether oxygens (including phenoxy) is 1. The number of benzene rings is 1. The van der Waals surface area contributed by atoms with Crippen molar-refractivity contribution in [3.8, 4) is 0 Å². The highest BCUT2D eigenvalue weighted by molar-refractivity contribution is 7.52. The summed E-state index contributed by atoms with van der Waals surface area (Å²) in [5.74, 6) is -2.56. The van der Waals surface area contributed by atoms with E-state index in [1.54, 1.807) is 0 Å². The first kappa shape index (κ1) is 36.1. The van der Waals surface area contributed by atoms with Gasteiger partial charge in [-0.1, -0.05) is 44.2 Å². The third-order valence-electron chi connectivity index (χ3n) is 6.93. The summed E-state index contributed by atoms with van der Waals surface area (Å²) in [7, 11) is -5.19. The monoisotopic (exact) mass is 648 g/mol. The van der Waals surface area contributed by atoms with Gasteiger partial charge in [-0.25, -0.2) is 9.78 Å². The third-order valence-corrected chi connectivity index (χ3v) is 8.07. The molecule has 3 rings (SSSR count). The molecule has 246 valence electrons. The third kappa shape index (κ3) is 12.9. The van der Waals surface area contributed by atoms with Crippen molar-refractivity contribution in [1.82, 2.24) is 30.8 Å². The summed E-state index contributed by atoms with van der Waals surface area (Å²) in [5, 5.41) is 7.96. The van der Waals surface area contributed by atoms with Gasteiger partial charge in [0.15, 0.2) is 0 Å². The van der Waals surface area contributed by atoms with E-state index in [0.717, 1.165) is 5.56 Å². The van der Waals surface area contributed by atoms with Crippen LogP contribution in [-0.4, -0.2) is 107 Å². The molecule has 0 bridgehead atoms. The summed E-state index contributed by atoms with van der Waals surface area (Å²) in [4.78, 5) is 66.6. The van der Waals surface area contributed by atoms with Crippen LogP contribution in [0, 0.1) is 5.92 Å². The molecule has 2 heterocycles. The molecule has 17 heteroatoms. The fraction of sp³-hybridized carbons (Fsp3) is 0.536. The van der Waals surface area contributed by atoms with Gasteiger partial charge in [-0.2, -0.15) is 0 Å². The first-order chi connectivity index (χ1) is 21.4. The molecule has 1 fully saturated rings. The van der Waals surface area contributed by atoms with E-state index in [4.69, 9.17) is 23.8 Å². The van der Waals surface area contributed by atoms with E-state index < -0.39 is 44.5 Å². The van der Waals surface area contributed by atoms with Crippen LogP contribution in [0.25, 0.3) is 0 Å². The highest BCUT2D eigenvalue weighted by atomic mass is 31.2. The molecule has 45 heavy (non-hydrogen) atoms. The summed E-state index contributed by atoms with van der Waals surface area (Å²) in [6, 6.07) is 8.47. The van der Waals surface area contributed by atoms with Gasteiger partial charge in [-0.15, -0.1) is 0 Å². The number of nitrogens with zero attached hydrogens (tertiary/aromatic N) is 3. The number of hydrogen-bond acceptors (Lipinski definition) is 10. The second-order valence-electron chi connectivity index (χ2n) is 11.0. The molecule has 0 aliphatic carbocycles. The average Bonchev–Trinajstić information content (AvgIpc) is 2.97. The molecule has 0 radical (unpaired) electrons. The number of carbonyl (C=O) groups is 3. The summed E-state index contributed by atoms with van der Waals surface area (Å²) in [5.41, 5.74) is 0.967. The lowest BCUT2D eigenvalue weighted by atomic mass is 9.73. The number of aromatic nitrogens is 2. The summed E-state index contributed by atoms with van der Waals surface area (Å²) < 4.78 is 28.4. The highest BCUT2D eigenvalue weighted by Crippen LogP contribution is 2.39. The van der Waals surface area contributed by atoms with Crippen LogP contribution < -0.4 is 16.0 Å². The zero-order valence-corrected chi connectivity index (χ0v) is 26.6. The van der Waals surface area contributed by atoms with E-state index in [9.17, 15) is 18.9 Å². The minimum Gasteiger partial charge on any atom is -0.448 e. The summed E-state index contributed by atoms with van der Waals surface area (Å²) in [6.07, 6.45) is 4.10. The van der Waals surface area contributed by atoms with Crippen LogP contribution in [0.5, 0.6) is 0 Å². The van der Waals surface area contributed by atoms with Crippen molar-refractivity contribution in [2.75, 3.05) is 39.5 Å². The molecule has 1 aliphatic rings. The first-order valence-corrected chi connectivity index (χ1v) is 16.5. The minimum absolute atomic E-state index is 0.00173. The van der Waals surface area contributed by atoms with Gasteiger partial charge in [0.1, 0.15) is 24.1 Å². The Morgan fingerprint density at radius 2 is 1.73 bits per heavy atom. The van der Waals surface area contributed by atoms with Crippen LogP contribution in [0.1, 0.15) is 43.2 Å². The number of amides is 3. The smallest absolute Gasteiger partial charge is 0.448 e. The number of nitrogens with one attached hydrogen (secondary N) is 3. The maximum absolute atomic E-state index is 13.7. The van der Waals surface area contributed by atoms with Gasteiger partial charge in [0, 0.05) is 51.7 Å². The van der Waals surface area contributed by atoms with Gasteiger partial charge < -0.3 is 39.8 Å². The topological polar surface area (TPSA) is 202 Å². The maximum atomic E-state index is 13.7. The quantitative estimate of drug-likeness (QED) is 0.144. The molecule has 15 nitrogen and oxygen atoms in total. The molecule has 1 aromatic heterocycles. The van der Waals surface area contributed by atoms with Gasteiger partial charge in [0.25, 0.3) is 5.91 Å². The van der Waals surface area contributed by atoms with Crippen molar-refractivity contribution in [3.05, 3.63) is 60.2 Å². The molecular weight excluding hydrogens is 606 g/mol. The molecule has 0 saturated carbocycles. The second-order valence-corrected chi connectivity index (χ2v) is 13.0. The van der Waals surface area contributed by atoms with Gasteiger partial charge in [0.05, 0.1) is 12.1 Å². The lowest BCUT2D eigenvalue weighted by Gasteiger charge is -2.32.